The molecule has 1 atom stereocenters. The van der Waals surface area contributed by atoms with E-state index in [0.29, 0.717) is 16.5 Å². The number of nitrogens with two attached hydrogens (primary N) is 1. The SMILES string of the molecule is Nn1c(C(F)c2ccccc2)nc2ccccc2c1=O. The Kier molecular flexibility index (Phi) is 2.95. The zero-order valence-corrected chi connectivity index (χ0v) is 10.5. The molecule has 0 fully saturated rings. The van der Waals surface area contributed by atoms with Gasteiger partial charge in [0.25, 0.3) is 5.56 Å². The average Bonchev–Trinajstić information content (AvgIpc) is 2.51. The Morgan fingerprint density at radius 1 is 1.05 bits per heavy atom. The number of hydrogen-bond donors (Lipinski definition) is 1. The summed E-state index contributed by atoms with van der Waals surface area (Å²) < 4.78 is 15.3. The number of aromatic nitrogens is 2. The van der Waals surface area contributed by atoms with Crippen molar-refractivity contribution in [2.24, 2.45) is 0 Å². The predicted molar refractivity (Wildman–Crippen MR) is 75.5 cm³/mol. The minimum absolute atomic E-state index is 0.0973. The highest BCUT2D eigenvalue weighted by atomic mass is 19.1. The summed E-state index contributed by atoms with van der Waals surface area (Å²) in [5.41, 5.74) is 0.394. The number of alkyl halides is 1. The van der Waals surface area contributed by atoms with Crippen LogP contribution in [0.2, 0.25) is 0 Å². The smallest absolute Gasteiger partial charge is 0.279 e. The van der Waals surface area contributed by atoms with Gasteiger partial charge in [0, 0.05) is 0 Å². The van der Waals surface area contributed by atoms with Crippen molar-refractivity contribution >= 4 is 10.9 Å². The van der Waals surface area contributed by atoms with Crippen LogP contribution in [-0.2, 0) is 0 Å². The fourth-order valence-electron chi connectivity index (χ4n) is 2.11. The molecule has 0 aliphatic heterocycles. The zero-order valence-electron chi connectivity index (χ0n) is 10.5. The first-order chi connectivity index (χ1) is 9.68. The van der Waals surface area contributed by atoms with Crippen LogP contribution in [0.4, 0.5) is 4.39 Å². The minimum Gasteiger partial charge on any atom is -0.335 e. The van der Waals surface area contributed by atoms with Gasteiger partial charge in [-0.25, -0.2) is 14.1 Å². The number of nitrogens with zero attached hydrogens (tertiary/aromatic N) is 2. The summed E-state index contributed by atoms with van der Waals surface area (Å²) in [6.07, 6.45) is -1.54. The van der Waals surface area contributed by atoms with Crippen LogP contribution in [-0.4, -0.2) is 9.66 Å². The fourth-order valence-corrected chi connectivity index (χ4v) is 2.11. The molecule has 20 heavy (non-hydrogen) atoms. The highest BCUT2D eigenvalue weighted by Crippen LogP contribution is 2.23. The van der Waals surface area contributed by atoms with E-state index in [-0.39, 0.29) is 5.82 Å². The topological polar surface area (TPSA) is 60.9 Å². The van der Waals surface area contributed by atoms with Gasteiger partial charge >= 0.3 is 0 Å². The quantitative estimate of drug-likeness (QED) is 0.725. The Labute approximate surface area is 114 Å². The lowest BCUT2D eigenvalue weighted by molar-refractivity contribution is 0.374. The van der Waals surface area contributed by atoms with E-state index in [2.05, 4.69) is 4.98 Å². The fraction of sp³-hybridized carbons (Fsp3) is 0.0667. The van der Waals surface area contributed by atoms with Crippen molar-refractivity contribution in [2.45, 2.75) is 6.17 Å². The number of halogens is 1. The van der Waals surface area contributed by atoms with E-state index in [1.165, 1.54) is 0 Å². The van der Waals surface area contributed by atoms with Gasteiger partial charge in [-0.2, -0.15) is 0 Å². The summed E-state index contributed by atoms with van der Waals surface area (Å²) in [5, 5.41) is 0.374. The minimum atomic E-state index is -1.54. The maximum atomic E-state index is 14.5. The van der Waals surface area contributed by atoms with Gasteiger partial charge in [-0.1, -0.05) is 42.5 Å². The highest BCUT2D eigenvalue weighted by molar-refractivity contribution is 5.77. The second-order valence-electron chi connectivity index (χ2n) is 4.44. The van der Waals surface area contributed by atoms with Gasteiger partial charge in [0.15, 0.2) is 12.0 Å². The second-order valence-corrected chi connectivity index (χ2v) is 4.44. The van der Waals surface area contributed by atoms with Crippen LogP contribution in [0.5, 0.6) is 0 Å². The van der Waals surface area contributed by atoms with Gasteiger partial charge in [0.05, 0.1) is 10.9 Å². The van der Waals surface area contributed by atoms with E-state index >= 15 is 0 Å². The lowest BCUT2D eigenvalue weighted by Crippen LogP contribution is -2.32. The summed E-state index contributed by atoms with van der Waals surface area (Å²) in [4.78, 5) is 16.3. The number of rotatable bonds is 2. The van der Waals surface area contributed by atoms with Gasteiger partial charge in [-0.3, -0.25) is 4.79 Å². The lowest BCUT2D eigenvalue weighted by atomic mass is 10.1. The Morgan fingerprint density at radius 3 is 2.45 bits per heavy atom. The predicted octanol–water partition coefficient (Wildman–Crippen LogP) is 2.17. The molecule has 0 bridgehead atoms. The third-order valence-electron chi connectivity index (χ3n) is 3.15. The van der Waals surface area contributed by atoms with E-state index in [1.54, 1.807) is 54.6 Å². The van der Waals surface area contributed by atoms with E-state index < -0.39 is 11.7 Å². The molecule has 0 radical (unpaired) electrons. The Bertz CT molecular complexity index is 814. The first-order valence-electron chi connectivity index (χ1n) is 6.14. The first kappa shape index (κ1) is 12.3. The summed E-state index contributed by atoms with van der Waals surface area (Å²) in [7, 11) is 0. The van der Waals surface area contributed by atoms with Crippen LogP contribution in [0.15, 0.2) is 59.4 Å². The van der Waals surface area contributed by atoms with Crippen molar-refractivity contribution in [1.29, 1.82) is 0 Å². The van der Waals surface area contributed by atoms with Gasteiger partial charge < -0.3 is 5.84 Å². The van der Waals surface area contributed by atoms with Crippen molar-refractivity contribution in [1.82, 2.24) is 9.66 Å². The third-order valence-corrected chi connectivity index (χ3v) is 3.15. The molecule has 1 heterocycles. The summed E-state index contributed by atoms with van der Waals surface area (Å²) in [6.45, 7) is 0. The van der Waals surface area contributed by atoms with E-state index in [9.17, 15) is 9.18 Å². The molecule has 5 heteroatoms. The molecule has 3 aromatic rings. The van der Waals surface area contributed by atoms with Crippen molar-refractivity contribution in [2.75, 3.05) is 5.84 Å². The van der Waals surface area contributed by atoms with Crippen LogP contribution in [0.3, 0.4) is 0 Å². The number of benzene rings is 2. The molecule has 3 rings (SSSR count). The Morgan fingerprint density at radius 2 is 1.70 bits per heavy atom. The standard InChI is InChI=1S/C15H12FN3O/c16-13(10-6-2-1-3-7-10)14-18-12-9-5-4-8-11(12)15(20)19(14)17/h1-9,13H,17H2. The summed E-state index contributed by atoms with van der Waals surface area (Å²) in [6, 6.07) is 15.2. The van der Waals surface area contributed by atoms with Gasteiger partial charge in [0.1, 0.15) is 0 Å². The molecule has 0 aliphatic rings. The van der Waals surface area contributed by atoms with Crippen molar-refractivity contribution < 1.29 is 4.39 Å². The van der Waals surface area contributed by atoms with Crippen LogP contribution in [0, 0.1) is 0 Å². The number of fused-ring (bicyclic) bond motifs is 1. The van der Waals surface area contributed by atoms with Crippen molar-refractivity contribution in [3.05, 3.63) is 76.3 Å². The average molecular weight is 269 g/mol. The molecule has 1 unspecified atom stereocenters. The molecule has 1 aromatic heterocycles. The molecule has 0 aliphatic carbocycles. The zero-order chi connectivity index (χ0) is 14.1. The number of nitrogen functional groups attached to an aromatic ring is 1. The van der Waals surface area contributed by atoms with E-state index in [0.717, 1.165) is 4.68 Å². The summed E-state index contributed by atoms with van der Waals surface area (Å²) in [5.74, 6) is 5.59. The van der Waals surface area contributed by atoms with Crippen LogP contribution >= 0.6 is 0 Å². The van der Waals surface area contributed by atoms with Crippen LogP contribution in [0.25, 0.3) is 10.9 Å². The molecular weight excluding hydrogens is 257 g/mol. The lowest BCUT2D eigenvalue weighted by Gasteiger charge is -2.12. The molecule has 100 valence electrons. The molecule has 0 saturated heterocycles. The molecule has 4 nitrogen and oxygen atoms in total. The number of hydrogen-bond acceptors (Lipinski definition) is 3. The van der Waals surface area contributed by atoms with Crippen LogP contribution in [0.1, 0.15) is 17.6 Å². The van der Waals surface area contributed by atoms with E-state index in [4.69, 9.17) is 5.84 Å². The van der Waals surface area contributed by atoms with Gasteiger partial charge in [-0.05, 0) is 17.7 Å². The maximum absolute atomic E-state index is 14.5. The largest absolute Gasteiger partial charge is 0.335 e. The van der Waals surface area contributed by atoms with Crippen LogP contribution < -0.4 is 11.4 Å². The molecule has 2 aromatic carbocycles. The van der Waals surface area contributed by atoms with Gasteiger partial charge in [-0.15, -0.1) is 0 Å². The van der Waals surface area contributed by atoms with Gasteiger partial charge in [0.2, 0.25) is 0 Å². The van der Waals surface area contributed by atoms with Crippen molar-refractivity contribution in [3.63, 3.8) is 0 Å². The molecular formula is C15H12FN3O. The Hall–Kier alpha value is -2.69. The normalized spacial score (nSPS) is 12.4. The monoisotopic (exact) mass is 269 g/mol. The second kappa shape index (κ2) is 4.77. The van der Waals surface area contributed by atoms with E-state index in [1.807, 2.05) is 0 Å². The number of para-hydroxylation sites is 1. The molecule has 0 amide bonds. The highest BCUT2D eigenvalue weighted by Gasteiger charge is 2.19. The van der Waals surface area contributed by atoms with Crippen molar-refractivity contribution in [3.8, 4) is 0 Å². The summed E-state index contributed by atoms with van der Waals surface area (Å²) >= 11 is 0. The third kappa shape index (κ3) is 1.93. The molecule has 0 spiro atoms. The maximum Gasteiger partial charge on any atom is 0.279 e. The Balaban J connectivity index is 2.22. The molecule has 0 saturated carbocycles. The molecule has 2 N–H and O–H groups in total. The first-order valence-corrected chi connectivity index (χ1v) is 6.14.